The summed E-state index contributed by atoms with van der Waals surface area (Å²) in [6.07, 6.45) is 3.49. The van der Waals surface area contributed by atoms with Gasteiger partial charge in [0.05, 0.1) is 36.7 Å². The van der Waals surface area contributed by atoms with Gasteiger partial charge in [0.2, 0.25) is 0 Å². The number of aromatic amines is 1. The van der Waals surface area contributed by atoms with Crippen molar-refractivity contribution in [3.05, 3.63) is 54.6 Å². The predicted molar refractivity (Wildman–Crippen MR) is 115 cm³/mol. The van der Waals surface area contributed by atoms with Crippen LogP contribution >= 0.6 is 11.3 Å². The summed E-state index contributed by atoms with van der Waals surface area (Å²) in [5.74, 6) is 2.04. The van der Waals surface area contributed by atoms with Gasteiger partial charge in [-0.2, -0.15) is 5.10 Å². The molecule has 0 amide bonds. The number of methoxy groups -OCH3 is 2. The summed E-state index contributed by atoms with van der Waals surface area (Å²) in [6.45, 7) is 1.99. The molecule has 0 unspecified atom stereocenters. The van der Waals surface area contributed by atoms with Crippen LogP contribution in [-0.2, 0) is 0 Å². The van der Waals surface area contributed by atoms with Gasteiger partial charge in [0.25, 0.3) is 0 Å². The van der Waals surface area contributed by atoms with E-state index in [4.69, 9.17) is 14.5 Å². The van der Waals surface area contributed by atoms with Gasteiger partial charge in [-0.25, -0.2) is 9.50 Å². The standard InChI is InChI=1S/C21H18N6O2S/c1-12-17(15-6-4-5-9-27(15)26-12)21-24-18(19(30-21)20-22-11-23-25-20)14-8-7-13(28-2)10-16(14)29-3/h4-11H,1-3H3,(H,22,23,25). The second-order valence-corrected chi connectivity index (χ2v) is 7.59. The summed E-state index contributed by atoms with van der Waals surface area (Å²) >= 11 is 1.54. The molecular weight excluding hydrogens is 400 g/mol. The number of nitrogens with one attached hydrogen (secondary N) is 1. The third-order valence-corrected chi connectivity index (χ3v) is 5.93. The molecule has 0 fully saturated rings. The van der Waals surface area contributed by atoms with Crippen molar-refractivity contribution >= 4 is 16.9 Å². The lowest BCUT2D eigenvalue weighted by atomic mass is 10.1. The third-order valence-electron chi connectivity index (χ3n) is 4.85. The van der Waals surface area contributed by atoms with Crippen LogP contribution in [0.5, 0.6) is 11.5 Å². The number of aryl methyl sites for hydroxylation is 1. The molecule has 1 aromatic carbocycles. The number of H-pyrrole nitrogens is 1. The summed E-state index contributed by atoms with van der Waals surface area (Å²) in [6, 6.07) is 11.7. The van der Waals surface area contributed by atoms with Crippen LogP contribution < -0.4 is 9.47 Å². The van der Waals surface area contributed by atoms with E-state index in [1.54, 1.807) is 31.9 Å². The maximum atomic E-state index is 5.63. The number of pyridine rings is 1. The second kappa shape index (κ2) is 7.27. The Bertz CT molecular complexity index is 1340. The molecule has 0 bridgehead atoms. The Kier molecular flexibility index (Phi) is 4.44. The first kappa shape index (κ1) is 18.3. The molecule has 0 saturated carbocycles. The van der Waals surface area contributed by atoms with E-state index >= 15 is 0 Å². The number of rotatable bonds is 5. The minimum absolute atomic E-state index is 0.653. The number of hydrogen-bond acceptors (Lipinski definition) is 7. The molecule has 150 valence electrons. The van der Waals surface area contributed by atoms with E-state index in [0.717, 1.165) is 37.9 Å². The SMILES string of the molecule is COc1ccc(-c2nc(-c3c(C)nn4ccccc34)sc2-c2nnc[nH]2)c(OC)c1. The smallest absolute Gasteiger partial charge is 0.173 e. The average Bonchev–Trinajstić information content (AvgIpc) is 3.50. The van der Waals surface area contributed by atoms with Gasteiger partial charge >= 0.3 is 0 Å². The molecule has 0 radical (unpaired) electrons. The summed E-state index contributed by atoms with van der Waals surface area (Å²) in [5, 5.41) is 13.6. The van der Waals surface area contributed by atoms with Gasteiger partial charge in [-0.3, -0.25) is 0 Å². The first-order valence-corrected chi connectivity index (χ1v) is 10.0. The van der Waals surface area contributed by atoms with E-state index in [1.807, 2.05) is 54.0 Å². The molecule has 4 aromatic heterocycles. The fraction of sp³-hybridized carbons (Fsp3) is 0.143. The van der Waals surface area contributed by atoms with E-state index in [1.165, 1.54) is 0 Å². The largest absolute Gasteiger partial charge is 0.497 e. The van der Waals surface area contributed by atoms with Crippen LogP contribution in [-0.4, -0.2) is 44.0 Å². The van der Waals surface area contributed by atoms with Crippen molar-refractivity contribution < 1.29 is 9.47 Å². The van der Waals surface area contributed by atoms with Crippen molar-refractivity contribution in [3.63, 3.8) is 0 Å². The van der Waals surface area contributed by atoms with Crippen molar-refractivity contribution in [2.75, 3.05) is 14.2 Å². The molecule has 0 aliphatic rings. The molecule has 0 atom stereocenters. The maximum absolute atomic E-state index is 5.63. The topological polar surface area (TPSA) is 90.2 Å². The molecule has 30 heavy (non-hydrogen) atoms. The average molecular weight is 418 g/mol. The van der Waals surface area contributed by atoms with Crippen molar-refractivity contribution in [1.82, 2.24) is 29.8 Å². The highest BCUT2D eigenvalue weighted by Crippen LogP contribution is 2.44. The first-order chi connectivity index (χ1) is 14.7. The molecule has 9 heteroatoms. The molecular formula is C21H18N6O2S. The van der Waals surface area contributed by atoms with Crippen LogP contribution in [0.3, 0.4) is 0 Å². The zero-order valence-electron chi connectivity index (χ0n) is 16.6. The van der Waals surface area contributed by atoms with Gasteiger partial charge in [-0.05, 0) is 31.2 Å². The Balaban J connectivity index is 1.76. The Labute approximate surface area is 176 Å². The summed E-state index contributed by atoms with van der Waals surface area (Å²) in [5.41, 5.74) is 4.52. The van der Waals surface area contributed by atoms with E-state index in [-0.39, 0.29) is 0 Å². The van der Waals surface area contributed by atoms with Gasteiger partial charge in [0, 0.05) is 17.8 Å². The quantitative estimate of drug-likeness (QED) is 0.459. The molecule has 5 aromatic rings. The number of ether oxygens (including phenoxy) is 2. The van der Waals surface area contributed by atoms with Crippen LogP contribution in [0, 0.1) is 6.92 Å². The van der Waals surface area contributed by atoms with E-state index < -0.39 is 0 Å². The van der Waals surface area contributed by atoms with Gasteiger partial charge in [-0.15, -0.1) is 21.5 Å². The van der Waals surface area contributed by atoms with Crippen LogP contribution in [0.4, 0.5) is 0 Å². The van der Waals surface area contributed by atoms with Crippen molar-refractivity contribution in [1.29, 1.82) is 0 Å². The zero-order valence-corrected chi connectivity index (χ0v) is 17.4. The highest BCUT2D eigenvalue weighted by molar-refractivity contribution is 7.19. The fourth-order valence-corrected chi connectivity index (χ4v) is 4.59. The van der Waals surface area contributed by atoms with E-state index in [9.17, 15) is 0 Å². The van der Waals surface area contributed by atoms with Crippen molar-refractivity contribution in [2.24, 2.45) is 0 Å². The molecule has 8 nitrogen and oxygen atoms in total. The lowest BCUT2D eigenvalue weighted by Gasteiger charge is -2.09. The van der Waals surface area contributed by atoms with Gasteiger partial charge in [0.15, 0.2) is 5.82 Å². The molecule has 0 aliphatic carbocycles. The van der Waals surface area contributed by atoms with Crippen LogP contribution in [0.25, 0.3) is 38.0 Å². The Morgan fingerprint density at radius 2 is 2.00 bits per heavy atom. The summed E-state index contributed by atoms with van der Waals surface area (Å²) in [4.78, 5) is 8.98. The maximum Gasteiger partial charge on any atom is 0.173 e. The molecule has 0 spiro atoms. The minimum atomic E-state index is 0.653. The monoisotopic (exact) mass is 418 g/mol. The zero-order chi connectivity index (χ0) is 20.7. The van der Waals surface area contributed by atoms with Crippen molar-refractivity contribution in [2.45, 2.75) is 6.92 Å². The Morgan fingerprint density at radius 1 is 1.10 bits per heavy atom. The normalized spacial score (nSPS) is 11.2. The number of hydrogen-bond donors (Lipinski definition) is 1. The molecule has 1 N–H and O–H groups in total. The van der Waals surface area contributed by atoms with Gasteiger partial charge < -0.3 is 14.5 Å². The molecule has 4 heterocycles. The highest BCUT2D eigenvalue weighted by atomic mass is 32.1. The Morgan fingerprint density at radius 3 is 2.77 bits per heavy atom. The first-order valence-electron chi connectivity index (χ1n) is 9.23. The van der Waals surface area contributed by atoms with Gasteiger partial charge in [-0.1, -0.05) is 6.07 Å². The molecule has 0 aliphatic heterocycles. The number of thiazole rings is 1. The van der Waals surface area contributed by atoms with Gasteiger partial charge in [0.1, 0.15) is 27.7 Å². The minimum Gasteiger partial charge on any atom is -0.497 e. The lowest BCUT2D eigenvalue weighted by Crippen LogP contribution is -1.92. The number of fused-ring (bicyclic) bond motifs is 1. The molecule has 5 rings (SSSR count). The number of benzene rings is 1. The summed E-state index contributed by atoms with van der Waals surface area (Å²) in [7, 11) is 3.26. The van der Waals surface area contributed by atoms with E-state index in [2.05, 4.69) is 20.3 Å². The lowest BCUT2D eigenvalue weighted by molar-refractivity contribution is 0.395. The molecule has 0 saturated heterocycles. The Hall–Kier alpha value is -3.72. The van der Waals surface area contributed by atoms with Crippen LogP contribution in [0.15, 0.2) is 48.9 Å². The van der Waals surface area contributed by atoms with E-state index in [0.29, 0.717) is 17.3 Å². The second-order valence-electron chi connectivity index (χ2n) is 6.59. The highest BCUT2D eigenvalue weighted by Gasteiger charge is 2.23. The van der Waals surface area contributed by atoms with Crippen LogP contribution in [0.1, 0.15) is 5.69 Å². The number of nitrogens with zero attached hydrogens (tertiary/aromatic N) is 5. The van der Waals surface area contributed by atoms with Crippen molar-refractivity contribution in [3.8, 4) is 44.0 Å². The fourth-order valence-electron chi connectivity index (χ4n) is 3.46. The predicted octanol–water partition coefficient (Wildman–Crippen LogP) is 4.24. The third kappa shape index (κ3) is 2.91. The van der Waals surface area contributed by atoms with Crippen LogP contribution in [0.2, 0.25) is 0 Å². The summed E-state index contributed by atoms with van der Waals surface area (Å²) < 4.78 is 12.8. The number of aromatic nitrogens is 6.